The average Bonchev–Trinajstić information content (AvgIpc) is 2.26. The van der Waals surface area contributed by atoms with Crippen LogP contribution in [0.5, 0.6) is 0 Å². The molecule has 0 aromatic heterocycles. The number of aryl methyl sites for hydroxylation is 4. The number of ketones is 1. The van der Waals surface area contributed by atoms with Crippen molar-refractivity contribution >= 4 is 17.4 Å². The number of rotatable bonds is 2. The Bertz CT molecular complexity index is 633. The Kier molecular flexibility index (Phi) is 3.77. The van der Waals surface area contributed by atoms with Crippen LogP contribution in [0, 0.1) is 27.7 Å². The molecule has 1 nitrogen and oxygen atoms in total. The quantitative estimate of drug-likeness (QED) is 0.718. The molecule has 0 saturated carbocycles. The molecule has 0 radical (unpaired) electrons. The molecule has 0 unspecified atom stereocenters. The van der Waals surface area contributed by atoms with Gasteiger partial charge in [-0.1, -0.05) is 35.4 Å². The van der Waals surface area contributed by atoms with Crippen molar-refractivity contribution in [2.45, 2.75) is 27.7 Å². The summed E-state index contributed by atoms with van der Waals surface area (Å²) in [4.78, 5) is 12.6. The lowest BCUT2D eigenvalue weighted by atomic mass is 9.93. The third-order valence-electron chi connectivity index (χ3n) is 3.27. The smallest absolute Gasteiger partial charge is 0.195 e. The minimum absolute atomic E-state index is 0.000000000000000666. The summed E-state index contributed by atoms with van der Waals surface area (Å²) in [6, 6.07) is 9.61. The van der Waals surface area contributed by atoms with Gasteiger partial charge in [-0.2, -0.15) is 0 Å². The molecule has 19 heavy (non-hydrogen) atoms. The zero-order valence-corrected chi connectivity index (χ0v) is 12.4. The second kappa shape index (κ2) is 5.18. The summed E-state index contributed by atoms with van der Waals surface area (Å²) in [5.41, 5.74) is 5.55. The van der Waals surface area contributed by atoms with Crippen LogP contribution in [0.3, 0.4) is 0 Å². The lowest BCUT2D eigenvalue weighted by molar-refractivity contribution is 0.103. The zero-order valence-electron chi connectivity index (χ0n) is 11.7. The molecule has 0 aliphatic carbocycles. The lowest BCUT2D eigenvalue weighted by Crippen LogP contribution is -2.07. The molecular weight excluding hydrogens is 256 g/mol. The van der Waals surface area contributed by atoms with Gasteiger partial charge in [0.05, 0.1) is 5.02 Å². The third-order valence-corrected chi connectivity index (χ3v) is 3.59. The van der Waals surface area contributed by atoms with Gasteiger partial charge < -0.3 is 0 Å². The molecule has 0 saturated heterocycles. The molecule has 0 aliphatic rings. The minimum atomic E-state index is 0.000000000000000666. The van der Waals surface area contributed by atoms with Gasteiger partial charge in [-0.25, -0.2) is 0 Å². The van der Waals surface area contributed by atoms with Crippen LogP contribution in [0.2, 0.25) is 5.02 Å². The highest BCUT2D eigenvalue weighted by atomic mass is 35.5. The zero-order chi connectivity index (χ0) is 14.2. The topological polar surface area (TPSA) is 17.1 Å². The first-order valence-corrected chi connectivity index (χ1v) is 6.66. The van der Waals surface area contributed by atoms with Gasteiger partial charge in [0.25, 0.3) is 0 Å². The Labute approximate surface area is 119 Å². The van der Waals surface area contributed by atoms with Crippen molar-refractivity contribution in [3.8, 4) is 0 Å². The highest BCUT2D eigenvalue weighted by molar-refractivity contribution is 6.35. The number of hydrogen-bond acceptors (Lipinski definition) is 1. The third kappa shape index (κ3) is 2.71. The normalized spacial score (nSPS) is 10.6. The van der Waals surface area contributed by atoms with E-state index in [4.69, 9.17) is 11.6 Å². The number of benzene rings is 2. The molecular formula is C17H17ClO. The monoisotopic (exact) mass is 272 g/mol. The predicted octanol–water partition coefficient (Wildman–Crippen LogP) is 4.80. The number of hydrogen-bond donors (Lipinski definition) is 0. The number of carbonyl (C=O) groups excluding carboxylic acids is 1. The van der Waals surface area contributed by atoms with Gasteiger partial charge in [0.15, 0.2) is 5.78 Å². The van der Waals surface area contributed by atoms with Crippen molar-refractivity contribution in [2.24, 2.45) is 0 Å². The van der Waals surface area contributed by atoms with E-state index >= 15 is 0 Å². The van der Waals surface area contributed by atoms with Crippen molar-refractivity contribution in [3.05, 3.63) is 68.7 Å². The maximum absolute atomic E-state index is 12.6. The van der Waals surface area contributed by atoms with Crippen LogP contribution in [0.25, 0.3) is 0 Å². The average molecular weight is 273 g/mol. The Hall–Kier alpha value is -1.60. The van der Waals surface area contributed by atoms with Crippen molar-refractivity contribution in [3.63, 3.8) is 0 Å². The van der Waals surface area contributed by atoms with Crippen molar-refractivity contribution in [2.75, 3.05) is 0 Å². The van der Waals surface area contributed by atoms with Gasteiger partial charge in [0.2, 0.25) is 0 Å². The van der Waals surface area contributed by atoms with Gasteiger partial charge in [-0.15, -0.1) is 0 Å². The number of halogens is 1. The standard InChI is InChI=1S/C17H17ClO/c1-10-5-6-14(15(18)9-10)17(19)16-12(3)7-11(2)8-13(16)4/h5-9H,1-4H3. The second-order valence-corrected chi connectivity index (χ2v) is 5.49. The largest absolute Gasteiger partial charge is 0.289 e. The van der Waals surface area contributed by atoms with Gasteiger partial charge in [0, 0.05) is 11.1 Å². The van der Waals surface area contributed by atoms with E-state index in [0.29, 0.717) is 10.6 Å². The maximum atomic E-state index is 12.6. The molecule has 0 N–H and O–H groups in total. The highest BCUT2D eigenvalue weighted by Gasteiger charge is 2.17. The van der Waals surface area contributed by atoms with Crippen LogP contribution in [0.4, 0.5) is 0 Å². The van der Waals surface area contributed by atoms with Gasteiger partial charge >= 0.3 is 0 Å². The first kappa shape index (κ1) is 13.8. The predicted molar refractivity (Wildman–Crippen MR) is 80.3 cm³/mol. The van der Waals surface area contributed by atoms with E-state index in [1.54, 1.807) is 6.07 Å². The van der Waals surface area contributed by atoms with Crippen LogP contribution in [0.1, 0.15) is 38.2 Å². The maximum Gasteiger partial charge on any atom is 0.195 e. The summed E-state index contributed by atoms with van der Waals surface area (Å²) in [7, 11) is 0. The van der Waals surface area contributed by atoms with Gasteiger partial charge in [-0.05, 0) is 56.5 Å². The van der Waals surface area contributed by atoms with Crippen molar-refractivity contribution in [1.82, 2.24) is 0 Å². The molecule has 0 atom stereocenters. The van der Waals surface area contributed by atoms with Crippen LogP contribution in [-0.4, -0.2) is 5.78 Å². The molecule has 0 fully saturated rings. The van der Waals surface area contributed by atoms with Crippen LogP contribution >= 0.6 is 11.6 Å². The van der Waals surface area contributed by atoms with E-state index < -0.39 is 0 Å². The van der Waals surface area contributed by atoms with E-state index in [0.717, 1.165) is 22.3 Å². The van der Waals surface area contributed by atoms with Gasteiger partial charge in [-0.3, -0.25) is 4.79 Å². The summed E-state index contributed by atoms with van der Waals surface area (Å²) in [6.07, 6.45) is 0. The molecule has 2 aromatic carbocycles. The molecule has 2 rings (SSSR count). The van der Waals surface area contributed by atoms with E-state index in [1.165, 1.54) is 5.56 Å². The molecule has 0 bridgehead atoms. The van der Waals surface area contributed by atoms with Crippen LogP contribution < -0.4 is 0 Å². The fourth-order valence-corrected chi connectivity index (χ4v) is 2.80. The van der Waals surface area contributed by atoms with E-state index in [9.17, 15) is 4.79 Å². The SMILES string of the molecule is Cc1cc(C)c(C(=O)c2ccc(C)cc2Cl)c(C)c1. The fourth-order valence-electron chi connectivity index (χ4n) is 2.48. The second-order valence-electron chi connectivity index (χ2n) is 5.09. The molecule has 0 heterocycles. The fraction of sp³-hybridized carbons (Fsp3) is 0.235. The first-order valence-electron chi connectivity index (χ1n) is 6.29. The minimum Gasteiger partial charge on any atom is -0.289 e. The van der Waals surface area contributed by atoms with Gasteiger partial charge in [0.1, 0.15) is 0 Å². The van der Waals surface area contributed by atoms with Crippen LogP contribution in [0.15, 0.2) is 30.3 Å². The molecule has 0 spiro atoms. The van der Waals surface area contributed by atoms with Crippen molar-refractivity contribution in [1.29, 1.82) is 0 Å². The summed E-state index contributed by atoms with van der Waals surface area (Å²) >= 11 is 6.19. The van der Waals surface area contributed by atoms with Crippen LogP contribution in [-0.2, 0) is 0 Å². The summed E-state index contributed by atoms with van der Waals surface area (Å²) in [6.45, 7) is 7.93. The van der Waals surface area contributed by atoms with E-state index in [1.807, 2.05) is 52.0 Å². The summed E-state index contributed by atoms with van der Waals surface area (Å²) < 4.78 is 0. The Morgan fingerprint density at radius 1 is 0.895 bits per heavy atom. The Balaban J connectivity index is 2.56. The molecule has 0 aliphatic heterocycles. The highest BCUT2D eigenvalue weighted by Crippen LogP contribution is 2.25. The molecule has 0 amide bonds. The molecule has 2 heteroatoms. The first-order chi connectivity index (χ1) is 8.90. The molecule has 2 aromatic rings. The molecule has 98 valence electrons. The lowest BCUT2D eigenvalue weighted by Gasteiger charge is -2.11. The van der Waals surface area contributed by atoms with E-state index in [2.05, 4.69) is 0 Å². The Morgan fingerprint density at radius 3 is 2.00 bits per heavy atom. The summed E-state index contributed by atoms with van der Waals surface area (Å²) in [5.74, 6) is 0.000000000000000666. The Morgan fingerprint density at radius 2 is 1.47 bits per heavy atom. The van der Waals surface area contributed by atoms with Crippen molar-refractivity contribution < 1.29 is 4.79 Å². The summed E-state index contributed by atoms with van der Waals surface area (Å²) in [5, 5.41) is 0.518. The number of carbonyl (C=O) groups is 1. The van der Waals surface area contributed by atoms with E-state index in [-0.39, 0.29) is 5.78 Å².